The maximum absolute atomic E-state index is 5.92. The fourth-order valence-corrected chi connectivity index (χ4v) is 3.21. The summed E-state index contributed by atoms with van der Waals surface area (Å²) < 4.78 is 22.2. The average Bonchev–Trinajstić information content (AvgIpc) is 3.22. The summed E-state index contributed by atoms with van der Waals surface area (Å²) in [7, 11) is 1.65. The van der Waals surface area contributed by atoms with Gasteiger partial charge in [0.2, 0.25) is 6.79 Å². The lowest BCUT2D eigenvalue weighted by molar-refractivity contribution is 0.174. The Morgan fingerprint density at radius 1 is 0.833 bits per heavy atom. The molecule has 0 aliphatic carbocycles. The van der Waals surface area contributed by atoms with E-state index < -0.39 is 0 Å². The molecule has 158 valence electrons. The van der Waals surface area contributed by atoms with Gasteiger partial charge in [0.15, 0.2) is 23.0 Å². The van der Waals surface area contributed by atoms with Gasteiger partial charge in [-0.25, -0.2) is 0 Å². The number of hydrogen-bond acceptors (Lipinski definition) is 5. The molecule has 1 heterocycles. The summed E-state index contributed by atoms with van der Waals surface area (Å²) in [6.45, 7) is 2.18. The number of ether oxygens (including phenoxy) is 4. The van der Waals surface area contributed by atoms with Crippen LogP contribution in [0.4, 0.5) is 0 Å². The summed E-state index contributed by atoms with van der Waals surface area (Å²) in [5.74, 6) is 3.02. The smallest absolute Gasteiger partial charge is 0.231 e. The third-order valence-electron chi connectivity index (χ3n) is 4.63. The predicted octanol–water partition coefficient (Wildman–Crippen LogP) is 5.37. The van der Waals surface area contributed by atoms with Crippen LogP contribution in [0.3, 0.4) is 0 Å². The number of benzene rings is 3. The molecular weight excluding hydrogens is 425 g/mol. The van der Waals surface area contributed by atoms with Gasteiger partial charge in [-0.15, -0.1) is 12.4 Å². The number of rotatable bonds is 8. The molecule has 0 saturated carbocycles. The van der Waals surface area contributed by atoms with Crippen molar-refractivity contribution in [2.75, 3.05) is 13.9 Å². The fraction of sp³-hybridized carbons (Fsp3) is 0.217. The molecule has 0 amide bonds. The minimum atomic E-state index is 0. The van der Waals surface area contributed by atoms with Crippen molar-refractivity contribution in [3.63, 3.8) is 0 Å². The van der Waals surface area contributed by atoms with Crippen LogP contribution in [-0.2, 0) is 19.7 Å². The second kappa shape index (κ2) is 10.4. The molecule has 30 heavy (non-hydrogen) atoms. The van der Waals surface area contributed by atoms with Crippen LogP contribution in [0.5, 0.6) is 23.0 Å². The second-order valence-corrected chi connectivity index (χ2v) is 7.13. The van der Waals surface area contributed by atoms with E-state index in [1.54, 1.807) is 7.11 Å². The molecule has 4 rings (SSSR count). The molecule has 0 radical (unpaired) electrons. The van der Waals surface area contributed by atoms with E-state index in [-0.39, 0.29) is 12.4 Å². The molecule has 1 aliphatic rings. The lowest BCUT2D eigenvalue weighted by Gasteiger charge is -2.13. The van der Waals surface area contributed by atoms with Crippen molar-refractivity contribution in [1.29, 1.82) is 0 Å². The van der Waals surface area contributed by atoms with E-state index in [1.807, 2.05) is 60.7 Å². The van der Waals surface area contributed by atoms with Crippen LogP contribution in [0.15, 0.2) is 60.7 Å². The van der Waals surface area contributed by atoms with Gasteiger partial charge in [0.25, 0.3) is 0 Å². The van der Waals surface area contributed by atoms with Gasteiger partial charge in [0.1, 0.15) is 6.61 Å². The zero-order valence-corrected chi connectivity index (χ0v) is 18.1. The molecule has 0 unspecified atom stereocenters. The molecule has 0 spiro atoms. The van der Waals surface area contributed by atoms with Crippen molar-refractivity contribution >= 4 is 24.0 Å². The average molecular weight is 448 g/mol. The zero-order chi connectivity index (χ0) is 20.1. The summed E-state index contributed by atoms with van der Waals surface area (Å²) in [4.78, 5) is 0. The van der Waals surface area contributed by atoms with Gasteiger partial charge < -0.3 is 24.3 Å². The largest absolute Gasteiger partial charge is 0.493 e. The Morgan fingerprint density at radius 2 is 1.50 bits per heavy atom. The van der Waals surface area contributed by atoms with Crippen LogP contribution in [0, 0.1) is 0 Å². The van der Waals surface area contributed by atoms with Gasteiger partial charge in [-0.1, -0.05) is 35.9 Å². The number of methoxy groups -OCH3 is 1. The summed E-state index contributed by atoms with van der Waals surface area (Å²) >= 11 is 5.92. The Hall–Kier alpha value is -2.60. The van der Waals surface area contributed by atoms with E-state index in [2.05, 4.69) is 5.32 Å². The van der Waals surface area contributed by atoms with E-state index in [4.69, 9.17) is 30.5 Å². The highest BCUT2D eigenvalue weighted by molar-refractivity contribution is 6.30. The van der Waals surface area contributed by atoms with Crippen molar-refractivity contribution in [2.24, 2.45) is 0 Å². The Bertz CT molecular complexity index is 979. The summed E-state index contributed by atoms with van der Waals surface area (Å²) in [6.07, 6.45) is 0. The van der Waals surface area contributed by atoms with Crippen molar-refractivity contribution in [1.82, 2.24) is 5.32 Å². The Kier molecular flexibility index (Phi) is 7.69. The number of halogens is 2. The molecule has 0 fully saturated rings. The van der Waals surface area contributed by atoms with Crippen LogP contribution in [0.1, 0.15) is 16.7 Å². The number of fused-ring (bicyclic) bond motifs is 1. The van der Waals surface area contributed by atoms with E-state index in [0.29, 0.717) is 36.5 Å². The normalized spacial score (nSPS) is 11.7. The Balaban J connectivity index is 0.00000256. The van der Waals surface area contributed by atoms with Gasteiger partial charge in [-0.05, 0) is 53.1 Å². The van der Waals surface area contributed by atoms with Crippen LogP contribution < -0.4 is 24.3 Å². The first-order chi connectivity index (χ1) is 14.2. The fourth-order valence-electron chi connectivity index (χ4n) is 3.09. The Morgan fingerprint density at radius 3 is 2.27 bits per heavy atom. The van der Waals surface area contributed by atoms with Crippen LogP contribution in [0.2, 0.25) is 5.02 Å². The molecule has 0 saturated heterocycles. The Labute approximate surface area is 187 Å². The summed E-state index contributed by atoms with van der Waals surface area (Å²) in [5, 5.41) is 4.15. The molecule has 0 atom stereocenters. The maximum atomic E-state index is 5.92. The summed E-state index contributed by atoms with van der Waals surface area (Å²) in [6, 6.07) is 19.5. The van der Waals surface area contributed by atoms with Crippen LogP contribution >= 0.6 is 24.0 Å². The SMILES string of the molecule is COc1cc(CNCc2ccc3c(c2)OCO3)ccc1OCc1ccc(Cl)cc1.Cl. The quantitative estimate of drug-likeness (QED) is 0.502. The van der Waals surface area contributed by atoms with Crippen LogP contribution in [-0.4, -0.2) is 13.9 Å². The topological polar surface area (TPSA) is 49.0 Å². The monoisotopic (exact) mass is 447 g/mol. The molecule has 3 aromatic carbocycles. The summed E-state index contributed by atoms with van der Waals surface area (Å²) in [5.41, 5.74) is 3.30. The van der Waals surface area contributed by atoms with Gasteiger partial charge in [0, 0.05) is 18.1 Å². The minimum absolute atomic E-state index is 0. The molecule has 3 aromatic rings. The molecule has 1 aliphatic heterocycles. The van der Waals surface area contributed by atoms with Gasteiger partial charge in [-0.2, -0.15) is 0 Å². The van der Waals surface area contributed by atoms with Gasteiger partial charge >= 0.3 is 0 Å². The third kappa shape index (κ3) is 5.51. The van der Waals surface area contributed by atoms with E-state index in [9.17, 15) is 0 Å². The number of hydrogen-bond donors (Lipinski definition) is 1. The highest BCUT2D eigenvalue weighted by Crippen LogP contribution is 2.32. The second-order valence-electron chi connectivity index (χ2n) is 6.69. The zero-order valence-electron chi connectivity index (χ0n) is 16.5. The van der Waals surface area contributed by atoms with Gasteiger partial charge in [0.05, 0.1) is 7.11 Å². The maximum Gasteiger partial charge on any atom is 0.231 e. The minimum Gasteiger partial charge on any atom is -0.493 e. The van der Waals surface area contributed by atoms with Crippen LogP contribution in [0.25, 0.3) is 0 Å². The highest BCUT2D eigenvalue weighted by atomic mass is 35.5. The van der Waals surface area contributed by atoms with Crippen molar-refractivity contribution in [3.8, 4) is 23.0 Å². The third-order valence-corrected chi connectivity index (χ3v) is 4.88. The van der Waals surface area contributed by atoms with E-state index >= 15 is 0 Å². The predicted molar refractivity (Wildman–Crippen MR) is 119 cm³/mol. The molecule has 5 nitrogen and oxygen atoms in total. The lowest BCUT2D eigenvalue weighted by atomic mass is 10.1. The molecule has 0 aromatic heterocycles. The highest BCUT2D eigenvalue weighted by Gasteiger charge is 2.13. The molecule has 7 heteroatoms. The number of nitrogens with one attached hydrogen (secondary N) is 1. The van der Waals surface area contributed by atoms with Crippen molar-refractivity contribution in [2.45, 2.75) is 19.7 Å². The molecule has 0 bridgehead atoms. The van der Waals surface area contributed by atoms with Crippen molar-refractivity contribution in [3.05, 3.63) is 82.4 Å². The first-order valence-electron chi connectivity index (χ1n) is 9.34. The lowest BCUT2D eigenvalue weighted by Crippen LogP contribution is -2.12. The molecular formula is C23H23Cl2NO4. The van der Waals surface area contributed by atoms with Crippen molar-refractivity contribution < 1.29 is 18.9 Å². The van der Waals surface area contributed by atoms with E-state index in [0.717, 1.165) is 34.7 Å². The van der Waals surface area contributed by atoms with E-state index in [1.165, 1.54) is 0 Å². The first kappa shape index (κ1) is 22.1. The molecule has 1 N–H and O–H groups in total. The van der Waals surface area contributed by atoms with Gasteiger partial charge in [-0.3, -0.25) is 0 Å². The first-order valence-corrected chi connectivity index (χ1v) is 9.72. The standard InChI is InChI=1S/C23H22ClNO4.ClH/c1-26-22-10-17(4-8-20(22)27-14-16-2-6-19(24)7-3-16)12-25-13-18-5-9-21-23(11-18)29-15-28-21;/h2-11,25H,12-15H2,1H3;1H.